The molecule has 2 spiro atoms. The normalized spacial score (nSPS) is 13.8. The number of hydrogen-bond acceptors (Lipinski definition) is 0. The second kappa shape index (κ2) is 32.6. The Balaban J connectivity index is 0.000000115. The van der Waals surface area contributed by atoms with E-state index in [0.717, 1.165) is 15.8 Å². The van der Waals surface area contributed by atoms with Gasteiger partial charge in [-0.15, -0.1) is 0 Å². The van der Waals surface area contributed by atoms with E-state index in [9.17, 15) is 0 Å². The fraction of sp³-hybridized carbons (Fsp3) is 0.0149. The van der Waals surface area contributed by atoms with Gasteiger partial charge in [0.2, 0.25) is 0 Å². The van der Waals surface area contributed by atoms with Crippen molar-refractivity contribution >= 4 is 161 Å². The van der Waals surface area contributed by atoms with Crippen molar-refractivity contribution in [3.63, 3.8) is 0 Å². The van der Waals surface area contributed by atoms with Crippen LogP contribution in [0.3, 0.4) is 0 Å². The van der Waals surface area contributed by atoms with E-state index in [0.29, 0.717) is 0 Å². The number of hydrogen-bond donors (Lipinski definition) is 1. The highest BCUT2D eigenvalue weighted by Crippen LogP contribution is 2.60. The van der Waals surface area contributed by atoms with Crippen molar-refractivity contribution < 1.29 is 0 Å². The number of aromatic amines is 1. The molecular weight excluding hydrogens is 1800 g/mol. The molecule has 4 aliphatic rings. The quantitative estimate of drug-likeness (QED) is 0.140. The van der Waals surface area contributed by atoms with Gasteiger partial charge in [0.15, 0.2) is 16.1 Å². The summed E-state index contributed by atoms with van der Waals surface area (Å²) in [7, 11) is -5.61. The van der Waals surface area contributed by atoms with Gasteiger partial charge in [-0.05, 0) is 204 Å². The van der Waals surface area contributed by atoms with Crippen LogP contribution in [-0.4, -0.2) is 34.8 Å². The molecule has 4 nitrogen and oxygen atoms in total. The van der Waals surface area contributed by atoms with Gasteiger partial charge in [-0.1, -0.05) is 465 Å². The van der Waals surface area contributed by atoms with Crippen LogP contribution < -0.4 is 41.5 Å². The minimum absolute atomic E-state index is 0.386. The molecular formula is C134H89BrN4Si2. The van der Waals surface area contributed by atoms with E-state index >= 15 is 0 Å². The molecule has 0 saturated heterocycles. The molecule has 4 aromatic heterocycles. The van der Waals surface area contributed by atoms with Crippen LogP contribution in [0, 0.1) is 0 Å². The Bertz CT molecular complexity index is 9360. The standard InChI is InChI=1S/C67H44N2Si.C37H25BrSi.C30H20N2/c1-4-21-45(22-5-1)50-31-20-32-55-53-29-12-18-37-62(53)69(66(50)55)46-39-41-63-56(43-46)54-30-13-17-36-61(54)68(63)47-40-42-65-60(44-47)67(57-33-14-10-27-51(57)52-28-11-15-34-58(52)67)59-35-16-19-38-64(59)70(65,48-23-6-2-7-24-48)49-25-8-3-9-26-49;38-26-23-24-36-34(25-26)37(31-19-9-7-17-29(31)30-18-8-10-20-32(30)37)33-21-11-12-22-35(33)39(36,27-13-3-1-4-14-27)28-15-5-2-6-16-28;1-2-9-20(10-3-1)22-13-8-14-25-24-12-5-7-16-29(24)32(30(22)25)21-17-18-28-26(19-21)23-11-4-6-15-27(23)31-28/h1-44H;1-25H;1-19,31H. The highest BCUT2D eigenvalue weighted by atomic mass is 79.9. The Labute approximate surface area is 828 Å². The Morgan fingerprint density at radius 3 is 0.936 bits per heavy atom. The molecule has 6 heterocycles. The minimum Gasteiger partial charge on any atom is -0.355 e. The minimum atomic E-state index is -2.95. The molecule has 7 heteroatoms. The van der Waals surface area contributed by atoms with Crippen LogP contribution in [0.15, 0.2) is 538 Å². The molecule has 1 N–H and O–H groups in total. The average Bonchev–Trinajstić information content (AvgIpc) is 1.55. The van der Waals surface area contributed by atoms with Gasteiger partial charge in [0.25, 0.3) is 0 Å². The molecule has 0 radical (unpaired) electrons. The van der Waals surface area contributed by atoms with Gasteiger partial charge in [-0.3, -0.25) is 0 Å². The van der Waals surface area contributed by atoms with Crippen LogP contribution in [0.1, 0.15) is 44.5 Å². The molecule has 0 fully saturated rings. The number of nitrogens with zero attached hydrogens (tertiary/aromatic N) is 3. The van der Waals surface area contributed by atoms with Crippen molar-refractivity contribution in [3.8, 4) is 61.6 Å². The Hall–Kier alpha value is -17.0. The number of rotatable bonds is 9. The number of para-hydroxylation sites is 6. The lowest BCUT2D eigenvalue weighted by molar-refractivity contribution is 0.773. The number of benzene rings is 22. The summed E-state index contributed by atoms with van der Waals surface area (Å²) in [5.41, 5.74) is 33.3. The molecule has 141 heavy (non-hydrogen) atoms. The van der Waals surface area contributed by atoms with Crippen molar-refractivity contribution in [2.45, 2.75) is 10.8 Å². The third-order valence-corrected chi connectivity index (χ3v) is 41.5. The summed E-state index contributed by atoms with van der Waals surface area (Å²) in [5, 5.41) is 21.5. The molecule has 2 aliphatic heterocycles. The number of halogens is 1. The third kappa shape index (κ3) is 11.9. The second-order valence-electron chi connectivity index (χ2n) is 38.0. The zero-order valence-corrected chi connectivity index (χ0v) is 80.6. The zero-order chi connectivity index (χ0) is 93.1. The first-order valence-electron chi connectivity index (χ1n) is 48.9. The van der Waals surface area contributed by atoms with Gasteiger partial charge in [0.1, 0.15) is 0 Å². The van der Waals surface area contributed by atoms with Crippen molar-refractivity contribution in [1.82, 2.24) is 18.7 Å². The third-order valence-electron chi connectivity index (χ3n) is 31.3. The van der Waals surface area contributed by atoms with Crippen LogP contribution in [0.2, 0.25) is 0 Å². The molecule has 2 aliphatic carbocycles. The van der Waals surface area contributed by atoms with Crippen LogP contribution in [0.4, 0.5) is 0 Å². The molecule has 0 unspecified atom stereocenters. The smallest absolute Gasteiger partial charge is 0.180 e. The lowest BCUT2D eigenvalue weighted by Crippen LogP contribution is -2.79. The van der Waals surface area contributed by atoms with Crippen molar-refractivity contribution in [1.29, 1.82) is 0 Å². The summed E-state index contributed by atoms with van der Waals surface area (Å²) in [4.78, 5) is 3.55. The summed E-state index contributed by atoms with van der Waals surface area (Å²) in [6.07, 6.45) is 0. The largest absolute Gasteiger partial charge is 0.355 e. The van der Waals surface area contributed by atoms with E-state index in [1.54, 1.807) is 0 Å². The van der Waals surface area contributed by atoms with Crippen molar-refractivity contribution in [2.24, 2.45) is 0 Å². The highest BCUT2D eigenvalue weighted by Gasteiger charge is 2.60. The molecule has 30 rings (SSSR count). The first-order chi connectivity index (χ1) is 69.9. The predicted molar refractivity (Wildman–Crippen MR) is 599 cm³/mol. The molecule has 26 aromatic rings. The van der Waals surface area contributed by atoms with E-state index in [4.69, 9.17) is 0 Å². The number of fused-ring (bicyclic) bond motifs is 30. The average molecular weight is 1890 g/mol. The van der Waals surface area contributed by atoms with Crippen molar-refractivity contribution in [2.75, 3.05) is 0 Å². The zero-order valence-electron chi connectivity index (χ0n) is 77.0. The summed E-state index contributed by atoms with van der Waals surface area (Å²) >= 11 is 3.91. The maximum absolute atomic E-state index is 3.91. The monoisotopic (exact) mass is 1890 g/mol. The summed E-state index contributed by atoms with van der Waals surface area (Å²) in [5.74, 6) is 0. The van der Waals surface area contributed by atoms with Crippen LogP contribution in [-0.2, 0) is 10.8 Å². The molecule has 22 aromatic carbocycles. The van der Waals surface area contributed by atoms with Crippen LogP contribution in [0.5, 0.6) is 0 Å². The van der Waals surface area contributed by atoms with Gasteiger partial charge >= 0.3 is 0 Å². The summed E-state index contributed by atoms with van der Waals surface area (Å²) < 4.78 is 8.57. The van der Waals surface area contributed by atoms with Gasteiger partial charge in [-0.2, -0.15) is 0 Å². The van der Waals surface area contributed by atoms with Gasteiger partial charge in [0, 0.05) is 86.8 Å². The van der Waals surface area contributed by atoms with E-state index < -0.39 is 21.6 Å². The second-order valence-corrected chi connectivity index (χ2v) is 46.3. The first kappa shape index (κ1) is 82.2. The fourth-order valence-corrected chi connectivity index (χ4v) is 36.8. The van der Waals surface area contributed by atoms with Gasteiger partial charge in [0.05, 0.1) is 43.9 Å². The Morgan fingerprint density at radius 2 is 0.482 bits per heavy atom. The number of H-pyrrole nitrogens is 1. The summed E-state index contributed by atoms with van der Waals surface area (Å²) in [6.45, 7) is 0. The lowest BCUT2D eigenvalue weighted by atomic mass is 9.67. The maximum atomic E-state index is 3.91. The lowest BCUT2D eigenvalue weighted by Gasteiger charge is -2.49. The van der Waals surface area contributed by atoms with E-state index in [1.165, 1.54) is 223 Å². The van der Waals surface area contributed by atoms with Gasteiger partial charge in [-0.25, -0.2) is 0 Å². The van der Waals surface area contributed by atoms with Crippen LogP contribution >= 0.6 is 15.9 Å². The van der Waals surface area contributed by atoms with E-state index in [2.05, 4.69) is 568 Å². The van der Waals surface area contributed by atoms with Crippen molar-refractivity contribution in [3.05, 3.63) is 583 Å². The molecule has 660 valence electrons. The Morgan fingerprint density at radius 1 is 0.184 bits per heavy atom. The number of nitrogens with one attached hydrogen (secondary N) is 1. The maximum Gasteiger partial charge on any atom is 0.180 e. The predicted octanol–water partition coefficient (Wildman–Crippen LogP) is 28.2. The SMILES string of the molecule is Brc1ccc2c(c1)C1(c3ccccc3-c3ccccc31)c1ccccc1[Si]2(c1ccccc1)c1ccccc1.c1ccc(-c2cccc3c4ccccc4n(-c4ccc5[nH]c6ccccc6c5c4)c23)cc1.c1ccc(-c2cccc3c4ccccc4n(-c4ccc5c(c4)c4ccccc4n5-c4ccc5c(c4)C4(c6ccccc6-c6ccccc64)c4ccccc4[Si]5(c4ccccc4)c4ccccc4)c23)cc1. The topological polar surface area (TPSA) is 30.6 Å². The fourth-order valence-electron chi connectivity index (χ4n) is 25.9. The molecule has 0 bridgehead atoms. The Kier molecular flexibility index (Phi) is 19.0. The van der Waals surface area contributed by atoms with E-state index in [1.807, 2.05) is 0 Å². The number of aromatic nitrogens is 4. The highest BCUT2D eigenvalue weighted by molar-refractivity contribution is 9.10. The van der Waals surface area contributed by atoms with Gasteiger partial charge < -0.3 is 18.7 Å². The first-order valence-corrected chi connectivity index (χ1v) is 53.7. The molecule has 0 atom stereocenters. The molecule has 0 amide bonds. The van der Waals surface area contributed by atoms with Crippen LogP contribution in [0.25, 0.3) is 149 Å². The molecule has 0 saturated carbocycles. The van der Waals surface area contributed by atoms with E-state index in [-0.39, 0.29) is 5.41 Å². The summed E-state index contributed by atoms with van der Waals surface area (Å²) in [6, 6.07) is 199.